The molecule has 0 bridgehead atoms. The molecule has 0 aliphatic rings. The number of methoxy groups -OCH3 is 1. The topological polar surface area (TPSA) is 61.7 Å². The summed E-state index contributed by atoms with van der Waals surface area (Å²) < 4.78 is 4.98. The van der Waals surface area contributed by atoms with Crippen LogP contribution in [0.15, 0.2) is 0 Å². The van der Waals surface area contributed by atoms with Crippen LogP contribution in [-0.2, 0) is 4.74 Å². The normalized spacial score (nSPS) is 14.2. The molecule has 0 aromatic rings. The highest BCUT2D eigenvalue weighted by molar-refractivity contribution is 4.80. The summed E-state index contributed by atoms with van der Waals surface area (Å²) in [4.78, 5) is 0. The second kappa shape index (κ2) is 8.05. The van der Waals surface area contributed by atoms with Crippen molar-refractivity contribution in [1.29, 1.82) is 0 Å². The van der Waals surface area contributed by atoms with Gasteiger partial charge in [0.15, 0.2) is 0 Å². The highest BCUT2D eigenvalue weighted by atomic mass is 16.5. The Bertz CT molecular complexity index is 141. The lowest BCUT2D eigenvalue weighted by molar-refractivity contribution is 0.0862. The van der Waals surface area contributed by atoms with Gasteiger partial charge in [-0.2, -0.15) is 0 Å². The van der Waals surface area contributed by atoms with Gasteiger partial charge in [-0.05, 0) is 12.8 Å². The number of aliphatic hydroxyl groups excluding tert-OH is 2. The monoisotopic (exact) mass is 219 g/mol. The lowest BCUT2D eigenvalue weighted by Gasteiger charge is -2.31. The Balaban J connectivity index is 4.06. The van der Waals surface area contributed by atoms with E-state index in [2.05, 4.69) is 19.2 Å². The van der Waals surface area contributed by atoms with E-state index in [9.17, 15) is 5.11 Å². The van der Waals surface area contributed by atoms with Gasteiger partial charge in [0.1, 0.15) is 0 Å². The maximum absolute atomic E-state index is 9.36. The molecule has 0 saturated carbocycles. The van der Waals surface area contributed by atoms with E-state index in [0.717, 1.165) is 12.8 Å². The molecule has 0 spiro atoms. The van der Waals surface area contributed by atoms with Crippen LogP contribution in [0.1, 0.15) is 26.7 Å². The van der Waals surface area contributed by atoms with Crippen molar-refractivity contribution in [1.82, 2.24) is 5.32 Å². The average Bonchev–Trinajstić information content (AvgIpc) is 2.30. The molecule has 0 aromatic heterocycles. The Morgan fingerprint density at radius 1 is 1.27 bits per heavy atom. The summed E-state index contributed by atoms with van der Waals surface area (Å²) in [6.45, 7) is 5.59. The molecule has 0 saturated heterocycles. The van der Waals surface area contributed by atoms with Crippen LogP contribution >= 0.6 is 0 Å². The molecule has 0 aromatic carbocycles. The zero-order valence-electron chi connectivity index (χ0n) is 10.1. The molecule has 4 nitrogen and oxygen atoms in total. The number of ether oxygens (including phenoxy) is 1. The van der Waals surface area contributed by atoms with Crippen molar-refractivity contribution in [2.75, 3.05) is 33.5 Å². The molecule has 0 rings (SSSR count). The summed E-state index contributed by atoms with van der Waals surface area (Å²) in [6.07, 6.45) is 1.86. The predicted octanol–water partition coefficient (Wildman–Crippen LogP) is 0.382. The van der Waals surface area contributed by atoms with Crippen molar-refractivity contribution in [3.8, 4) is 0 Å². The fourth-order valence-corrected chi connectivity index (χ4v) is 1.52. The van der Waals surface area contributed by atoms with Gasteiger partial charge in [0.2, 0.25) is 0 Å². The maximum atomic E-state index is 9.36. The van der Waals surface area contributed by atoms with Gasteiger partial charge in [0.05, 0.1) is 19.3 Å². The fraction of sp³-hybridized carbons (Fsp3) is 1.00. The third kappa shape index (κ3) is 4.93. The highest BCUT2D eigenvalue weighted by Crippen LogP contribution is 2.24. The van der Waals surface area contributed by atoms with Gasteiger partial charge >= 0.3 is 0 Å². The molecule has 0 radical (unpaired) electrons. The van der Waals surface area contributed by atoms with Crippen LogP contribution in [0.4, 0.5) is 0 Å². The summed E-state index contributed by atoms with van der Waals surface area (Å²) in [5.74, 6) is 0. The first-order chi connectivity index (χ1) is 7.17. The van der Waals surface area contributed by atoms with Gasteiger partial charge in [0, 0.05) is 25.7 Å². The Kier molecular flexibility index (Phi) is 7.96. The molecule has 92 valence electrons. The molecule has 0 fully saturated rings. The van der Waals surface area contributed by atoms with Crippen LogP contribution in [0.3, 0.4) is 0 Å². The lowest BCUT2D eigenvalue weighted by atomic mass is 9.83. The van der Waals surface area contributed by atoms with Crippen LogP contribution < -0.4 is 5.32 Å². The first-order valence-electron chi connectivity index (χ1n) is 5.62. The molecule has 1 atom stereocenters. The summed E-state index contributed by atoms with van der Waals surface area (Å²) in [5.41, 5.74) is -0.0683. The minimum Gasteiger partial charge on any atom is -0.396 e. The van der Waals surface area contributed by atoms with E-state index >= 15 is 0 Å². The summed E-state index contributed by atoms with van der Waals surface area (Å²) in [7, 11) is 1.61. The Morgan fingerprint density at radius 2 is 1.87 bits per heavy atom. The van der Waals surface area contributed by atoms with E-state index in [1.165, 1.54) is 0 Å². The molecule has 0 heterocycles. The van der Waals surface area contributed by atoms with Gasteiger partial charge in [-0.3, -0.25) is 0 Å². The van der Waals surface area contributed by atoms with E-state index < -0.39 is 0 Å². The third-order valence-corrected chi connectivity index (χ3v) is 3.19. The van der Waals surface area contributed by atoms with Crippen molar-refractivity contribution in [2.24, 2.45) is 5.41 Å². The van der Waals surface area contributed by atoms with Crippen molar-refractivity contribution in [3.63, 3.8) is 0 Å². The second-order valence-corrected chi connectivity index (χ2v) is 4.08. The molecule has 4 heteroatoms. The fourth-order valence-electron chi connectivity index (χ4n) is 1.52. The number of aliphatic hydroxyl groups is 2. The number of hydrogen-bond acceptors (Lipinski definition) is 4. The van der Waals surface area contributed by atoms with Crippen LogP contribution in [0, 0.1) is 5.41 Å². The predicted molar refractivity (Wildman–Crippen MR) is 60.9 cm³/mol. The van der Waals surface area contributed by atoms with E-state index in [4.69, 9.17) is 9.84 Å². The number of hydrogen-bond donors (Lipinski definition) is 3. The average molecular weight is 219 g/mol. The molecular weight excluding hydrogens is 194 g/mol. The SMILES string of the molecule is CCC(CC)(CO)CNC(CO)COC. The van der Waals surface area contributed by atoms with Crippen LogP contribution in [0.2, 0.25) is 0 Å². The molecule has 15 heavy (non-hydrogen) atoms. The van der Waals surface area contributed by atoms with E-state index in [-0.39, 0.29) is 24.7 Å². The summed E-state index contributed by atoms with van der Waals surface area (Å²) in [6, 6.07) is -0.0426. The quantitative estimate of drug-likeness (QED) is 0.525. The van der Waals surface area contributed by atoms with Crippen LogP contribution in [-0.4, -0.2) is 49.7 Å². The molecule has 1 unspecified atom stereocenters. The smallest absolute Gasteiger partial charge is 0.0638 e. The minimum absolute atomic E-state index is 0.0426. The lowest BCUT2D eigenvalue weighted by Crippen LogP contribution is -2.44. The Hall–Kier alpha value is -0.160. The molecule has 0 amide bonds. The van der Waals surface area contributed by atoms with Gasteiger partial charge < -0.3 is 20.3 Å². The van der Waals surface area contributed by atoms with Gasteiger partial charge in [0.25, 0.3) is 0 Å². The van der Waals surface area contributed by atoms with E-state index in [1.54, 1.807) is 7.11 Å². The first-order valence-corrected chi connectivity index (χ1v) is 5.62. The van der Waals surface area contributed by atoms with E-state index in [0.29, 0.717) is 13.2 Å². The standard InChI is InChI=1S/C11H25NO3/c1-4-11(5-2,9-14)8-12-10(6-13)7-15-3/h10,12-14H,4-9H2,1-3H3. The number of nitrogens with one attached hydrogen (secondary N) is 1. The Morgan fingerprint density at radius 3 is 2.20 bits per heavy atom. The third-order valence-electron chi connectivity index (χ3n) is 3.19. The highest BCUT2D eigenvalue weighted by Gasteiger charge is 2.25. The van der Waals surface area contributed by atoms with Gasteiger partial charge in [-0.1, -0.05) is 13.8 Å². The zero-order chi connectivity index (χ0) is 11.7. The van der Waals surface area contributed by atoms with Crippen molar-refractivity contribution in [3.05, 3.63) is 0 Å². The second-order valence-electron chi connectivity index (χ2n) is 4.08. The first kappa shape index (κ1) is 14.8. The molecule has 3 N–H and O–H groups in total. The van der Waals surface area contributed by atoms with Crippen LogP contribution in [0.25, 0.3) is 0 Å². The largest absolute Gasteiger partial charge is 0.396 e. The molecule has 0 aliphatic heterocycles. The van der Waals surface area contributed by atoms with Crippen molar-refractivity contribution in [2.45, 2.75) is 32.7 Å². The molecular formula is C11H25NO3. The Labute approximate surface area is 92.6 Å². The van der Waals surface area contributed by atoms with E-state index in [1.807, 2.05) is 0 Å². The number of rotatable bonds is 9. The summed E-state index contributed by atoms with van der Waals surface area (Å²) in [5, 5.41) is 21.7. The minimum atomic E-state index is -0.0683. The summed E-state index contributed by atoms with van der Waals surface area (Å²) >= 11 is 0. The zero-order valence-corrected chi connectivity index (χ0v) is 10.1. The van der Waals surface area contributed by atoms with Crippen molar-refractivity contribution < 1.29 is 14.9 Å². The maximum Gasteiger partial charge on any atom is 0.0638 e. The van der Waals surface area contributed by atoms with Gasteiger partial charge in [-0.25, -0.2) is 0 Å². The molecule has 0 aliphatic carbocycles. The van der Waals surface area contributed by atoms with Gasteiger partial charge in [-0.15, -0.1) is 0 Å². The van der Waals surface area contributed by atoms with Crippen molar-refractivity contribution >= 4 is 0 Å². The van der Waals surface area contributed by atoms with Crippen LogP contribution in [0.5, 0.6) is 0 Å².